The van der Waals surface area contributed by atoms with Gasteiger partial charge in [0, 0.05) is 30.2 Å². The van der Waals surface area contributed by atoms with Crippen molar-refractivity contribution in [3.63, 3.8) is 0 Å². The van der Waals surface area contributed by atoms with E-state index < -0.39 is 0 Å². The highest BCUT2D eigenvalue weighted by Crippen LogP contribution is 2.33. The van der Waals surface area contributed by atoms with Gasteiger partial charge >= 0.3 is 0 Å². The standard InChI is InChI=1S/C14H15ClN2S/c1-10-12-5-7-18-13(12)4-6-17(10)9-11-2-3-14(15)16-8-11/h2-3,5,7-8,10H,4,6,9H2,1H3. The fourth-order valence-corrected chi connectivity index (χ4v) is 3.59. The first-order valence-corrected chi connectivity index (χ1v) is 7.40. The number of halogens is 1. The van der Waals surface area contributed by atoms with Crippen molar-refractivity contribution in [1.29, 1.82) is 0 Å². The van der Waals surface area contributed by atoms with Crippen LogP contribution in [0.25, 0.3) is 0 Å². The number of nitrogens with zero attached hydrogens (tertiary/aromatic N) is 2. The molecule has 0 fully saturated rings. The van der Waals surface area contributed by atoms with Crippen LogP contribution in [0.4, 0.5) is 0 Å². The molecule has 0 radical (unpaired) electrons. The summed E-state index contributed by atoms with van der Waals surface area (Å²) in [6, 6.07) is 6.68. The van der Waals surface area contributed by atoms with Gasteiger partial charge in [0.15, 0.2) is 0 Å². The fraction of sp³-hybridized carbons (Fsp3) is 0.357. The summed E-state index contributed by atoms with van der Waals surface area (Å²) in [4.78, 5) is 8.19. The molecule has 0 saturated carbocycles. The van der Waals surface area contributed by atoms with E-state index in [1.807, 2.05) is 23.6 Å². The summed E-state index contributed by atoms with van der Waals surface area (Å²) in [6.45, 7) is 4.35. The summed E-state index contributed by atoms with van der Waals surface area (Å²) in [7, 11) is 0. The van der Waals surface area contributed by atoms with Crippen molar-refractivity contribution in [3.05, 3.63) is 50.9 Å². The van der Waals surface area contributed by atoms with Crippen molar-refractivity contribution in [2.75, 3.05) is 6.54 Å². The van der Waals surface area contributed by atoms with Gasteiger partial charge in [-0.2, -0.15) is 0 Å². The Kier molecular flexibility index (Phi) is 3.37. The molecule has 2 aromatic rings. The zero-order chi connectivity index (χ0) is 12.5. The van der Waals surface area contributed by atoms with Crippen molar-refractivity contribution in [2.45, 2.75) is 25.9 Å². The molecule has 1 atom stereocenters. The van der Waals surface area contributed by atoms with Crippen molar-refractivity contribution in [3.8, 4) is 0 Å². The van der Waals surface area contributed by atoms with Crippen LogP contribution < -0.4 is 0 Å². The summed E-state index contributed by atoms with van der Waals surface area (Å²) in [5, 5.41) is 2.76. The maximum absolute atomic E-state index is 5.81. The van der Waals surface area contributed by atoms with Gasteiger partial charge in [0.25, 0.3) is 0 Å². The molecular weight excluding hydrogens is 264 g/mol. The van der Waals surface area contributed by atoms with E-state index in [9.17, 15) is 0 Å². The second-order valence-electron chi connectivity index (χ2n) is 4.68. The van der Waals surface area contributed by atoms with Crippen molar-refractivity contribution >= 4 is 22.9 Å². The second kappa shape index (κ2) is 5.00. The van der Waals surface area contributed by atoms with Gasteiger partial charge in [-0.05, 0) is 42.0 Å². The molecule has 0 amide bonds. The molecule has 1 unspecified atom stereocenters. The zero-order valence-corrected chi connectivity index (χ0v) is 11.8. The van der Waals surface area contributed by atoms with Gasteiger partial charge < -0.3 is 0 Å². The molecule has 94 valence electrons. The van der Waals surface area contributed by atoms with Crippen molar-refractivity contribution < 1.29 is 0 Å². The Morgan fingerprint density at radius 2 is 2.33 bits per heavy atom. The molecule has 3 heterocycles. The molecule has 0 saturated heterocycles. The minimum atomic E-state index is 0.496. The van der Waals surface area contributed by atoms with E-state index in [0.717, 1.165) is 13.1 Å². The summed E-state index contributed by atoms with van der Waals surface area (Å²) >= 11 is 7.69. The summed E-state index contributed by atoms with van der Waals surface area (Å²) in [5.41, 5.74) is 2.72. The lowest BCUT2D eigenvalue weighted by molar-refractivity contribution is 0.191. The van der Waals surface area contributed by atoms with Gasteiger partial charge in [0.1, 0.15) is 5.15 Å². The molecule has 18 heavy (non-hydrogen) atoms. The Hall–Kier alpha value is -0.900. The van der Waals surface area contributed by atoms with E-state index in [1.165, 1.54) is 17.5 Å². The van der Waals surface area contributed by atoms with Crippen LogP contribution in [0.2, 0.25) is 5.15 Å². The first-order chi connectivity index (χ1) is 8.74. The number of aromatic nitrogens is 1. The Labute approximate surface area is 116 Å². The van der Waals surface area contributed by atoms with Crippen molar-refractivity contribution in [2.24, 2.45) is 0 Å². The number of rotatable bonds is 2. The Bertz CT molecular complexity index is 535. The fourth-order valence-electron chi connectivity index (χ4n) is 2.51. The van der Waals surface area contributed by atoms with Crippen LogP contribution in [0.5, 0.6) is 0 Å². The van der Waals surface area contributed by atoms with E-state index in [0.29, 0.717) is 11.2 Å². The molecule has 0 bridgehead atoms. The van der Waals surface area contributed by atoms with E-state index in [4.69, 9.17) is 11.6 Å². The molecule has 1 aliphatic heterocycles. The van der Waals surface area contributed by atoms with Crippen LogP contribution in [0.15, 0.2) is 29.8 Å². The number of thiophene rings is 1. The quantitative estimate of drug-likeness (QED) is 0.774. The monoisotopic (exact) mass is 278 g/mol. The van der Waals surface area contributed by atoms with Crippen LogP contribution in [0.3, 0.4) is 0 Å². The van der Waals surface area contributed by atoms with Gasteiger partial charge in [0.05, 0.1) is 0 Å². The minimum Gasteiger partial charge on any atom is -0.292 e. The van der Waals surface area contributed by atoms with Gasteiger partial charge in [-0.1, -0.05) is 17.7 Å². The highest BCUT2D eigenvalue weighted by molar-refractivity contribution is 7.10. The molecule has 0 N–H and O–H groups in total. The van der Waals surface area contributed by atoms with E-state index in [2.05, 4.69) is 34.3 Å². The molecule has 4 heteroatoms. The van der Waals surface area contributed by atoms with Crippen LogP contribution in [0, 0.1) is 0 Å². The zero-order valence-electron chi connectivity index (χ0n) is 10.3. The number of fused-ring (bicyclic) bond motifs is 1. The molecule has 2 aromatic heterocycles. The predicted molar refractivity (Wildman–Crippen MR) is 76.1 cm³/mol. The molecule has 3 rings (SSSR count). The number of hydrogen-bond acceptors (Lipinski definition) is 3. The predicted octanol–water partition coefficient (Wildman–Crippen LogP) is 3.92. The summed E-state index contributed by atoms with van der Waals surface area (Å²) in [5.74, 6) is 0. The third kappa shape index (κ3) is 2.30. The first kappa shape index (κ1) is 12.2. The summed E-state index contributed by atoms with van der Waals surface area (Å²) in [6.07, 6.45) is 3.04. The maximum atomic E-state index is 5.81. The smallest absolute Gasteiger partial charge is 0.129 e. The molecular formula is C14H15ClN2S. The summed E-state index contributed by atoms with van der Waals surface area (Å²) < 4.78 is 0. The Balaban J connectivity index is 1.77. The van der Waals surface area contributed by atoms with Gasteiger partial charge in [-0.3, -0.25) is 4.90 Å². The normalized spacial score (nSPS) is 19.8. The van der Waals surface area contributed by atoms with Crippen LogP contribution in [0.1, 0.15) is 29.0 Å². The highest BCUT2D eigenvalue weighted by atomic mass is 35.5. The maximum Gasteiger partial charge on any atom is 0.129 e. The van der Waals surface area contributed by atoms with E-state index in [1.54, 1.807) is 4.88 Å². The Morgan fingerprint density at radius 1 is 1.44 bits per heavy atom. The van der Waals surface area contributed by atoms with E-state index in [-0.39, 0.29) is 0 Å². The molecule has 0 aromatic carbocycles. The molecule has 1 aliphatic rings. The SMILES string of the molecule is CC1c2ccsc2CCN1Cc1ccc(Cl)nc1. The average Bonchev–Trinajstić information content (AvgIpc) is 2.84. The third-order valence-corrected chi connectivity index (χ3v) is 4.80. The topological polar surface area (TPSA) is 16.1 Å². The Morgan fingerprint density at radius 3 is 3.11 bits per heavy atom. The second-order valence-corrected chi connectivity index (χ2v) is 6.07. The third-order valence-electron chi connectivity index (χ3n) is 3.58. The van der Waals surface area contributed by atoms with Gasteiger partial charge in [0.2, 0.25) is 0 Å². The molecule has 2 nitrogen and oxygen atoms in total. The largest absolute Gasteiger partial charge is 0.292 e. The van der Waals surface area contributed by atoms with Gasteiger partial charge in [-0.15, -0.1) is 11.3 Å². The first-order valence-electron chi connectivity index (χ1n) is 6.15. The van der Waals surface area contributed by atoms with Crippen molar-refractivity contribution in [1.82, 2.24) is 9.88 Å². The number of pyridine rings is 1. The van der Waals surface area contributed by atoms with Gasteiger partial charge in [-0.25, -0.2) is 4.98 Å². The van der Waals surface area contributed by atoms with Crippen LogP contribution in [-0.4, -0.2) is 16.4 Å². The van der Waals surface area contributed by atoms with Crippen LogP contribution >= 0.6 is 22.9 Å². The number of hydrogen-bond donors (Lipinski definition) is 0. The van der Waals surface area contributed by atoms with E-state index >= 15 is 0 Å². The lowest BCUT2D eigenvalue weighted by Gasteiger charge is -2.33. The molecule has 0 spiro atoms. The molecule has 0 aliphatic carbocycles. The average molecular weight is 279 g/mol. The minimum absolute atomic E-state index is 0.496. The highest BCUT2D eigenvalue weighted by Gasteiger charge is 2.24. The van der Waals surface area contributed by atoms with Crippen LogP contribution in [-0.2, 0) is 13.0 Å². The lowest BCUT2D eigenvalue weighted by atomic mass is 10.0. The lowest BCUT2D eigenvalue weighted by Crippen LogP contribution is -2.32.